The Morgan fingerprint density at radius 2 is 0.442 bits per heavy atom. The van der Waals surface area contributed by atoms with Gasteiger partial charge in [-0.15, -0.1) is 0 Å². The summed E-state index contributed by atoms with van der Waals surface area (Å²) in [6, 6.07) is 28.8. The Morgan fingerprint density at radius 1 is 0.283 bits per heavy atom. The summed E-state index contributed by atoms with van der Waals surface area (Å²) in [5, 5.41) is 52.1. The van der Waals surface area contributed by atoms with E-state index in [1.165, 1.54) is 106 Å². The molecule has 15 rings (SSSR count). The quantitative estimate of drug-likeness (QED) is 0.0339. The fourth-order valence-corrected chi connectivity index (χ4v) is 22.1. The van der Waals surface area contributed by atoms with Crippen LogP contribution in [0, 0.1) is 27.1 Å². The van der Waals surface area contributed by atoms with E-state index in [0.717, 1.165) is 122 Å². The zero-order valence-corrected chi connectivity index (χ0v) is 84.3. The summed E-state index contributed by atoms with van der Waals surface area (Å²) in [5.41, 5.74) is 1.20. The predicted molar refractivity (Wildman–Crippen MR) is 512 cm³/mol. The predicted octanol–water partition coefficient (Wildman–Crippen LogP) is 18.4. The Labute approximate surface area is 812 Å². The maximum absolute atomic E-state index is 13.5. The standard InChI is InChI=1S/C21H28F3NO5.4C21H31NO5/c1-20(18(26)21(22,23)24)12-25(19(27)29-3)11-15(20)13-8-9-16(28-2)17(10-13)30-14-6-4-5-7-14;4*1-14(23)21(2)13-22(20(24)26-4)12-17(21)15-9-10-18(25-3)19(11-15)27-16-7-5-6-8-16/h8-10,14-15,18,26H,4-7,11-12H2,1-3H3;4*9-11,14,16-17,23H,5-8,12-13H2,1-4H3/t15-,18?,20-;2*14-,17+,21+;2*14-,17-,21-/m11010/s1. The van der Waals surface area contributed by atoms with Crippen LogP contribution < -0.4 is 47.4 Å². The van der Waals surface area contributed by atoms with Crippen molar-refractivity contribution in [2.24, 2.45) is 27.1 Å². The molecule has 0 aromatic heterocycles. The number of alkyl halides is 3. The van der Waals surface area contributed by atoms with Crippen LogP contribution in [-0.2, 0) is 23.7 Å². The number of benzene rings is 5. The third-order valence-electron chi connectivity index (χ3n) is 31.5. The number of carbonyl (C=O) groups excluding carboxylic acids is 5. The molecule has 5 aliphatic heterocycles. The SMILES string of the molecule is COC(=O)N1C[C@@H](c2ccc(OC)c(OC3CCCC3)c2)[C@](C)([C@@H](C)O)C1.COC(=O)N1C[C@@H](c2ccc(OC)c(OC3CCCC3)c2)[C@](C)([C@H](C)O)C1.COC(=O)N1C[C@H](c2ccc(OC)c(OC3CCCC3)c2)[C@@](C)([C@@H](C)O)C1.COC(=O)N1C[C@H](c2ccc(OC)c(OC3CCCC3)c2)[C@@](C)([C@H](C)O)C1.COC(=O)N1C[C@H](c2ccc(OC)c(OC3CCCC3)c2)[C@](C)(C(O)C(F)(F)F)C1. The fourth-order valence-electron chi connectivity index (χ4n) is 22.1. The summed E-state index contributed by atoms with van der Waals surface area (Å²) in [7, 11) is 14.8. The molecule has 1 unspecified atom stereocenters. The minimum Gasteiger partial charge on any atom is -0.493 e. The smallest absolute Gasteiger partial charge is 0.414 e. The van der Waals surface area contributed by atoms with Crippen molar-refractivity contribution in [3.05, 3.63) is 119 Å². The molecule has 30 nitrogen and oxygen atoms in total. The number of carbonyl (C=O) groups is 5. The van der Waals surface area contributed by atoms with Gasteiger partial charge in [0.1, 0.15) is 0 Å². The van der Waals surface area contributed by atoms with E-state index in [4.69, 9.17) is 71.1 Å². The molecule has 5 saturated carbocycles. The van der Waals surface area contributed by atoms with Gasteiger partial charge in [-0.1, -0.05) is 65.0 Å². The number of nitrogens with zero attached hydrogens (tertiary/aromatic N) is 5. The van der Waals surface area contributed by atoms with Crippen LogP contribution >= 0.6 is 0 Å². The summed E-state index contributed by atoms with van der Waals surface area (Å²) < 4.78 is 123. The monoisotopic (exact) mass is 1940 g/mol. The van der Waals surface area contributed by atoms with Crippen LogP contribution in [0.5, 0.6) is 57.5 Å². The number of amides is 5. The molecule has 0 radical (unpaired) electrons. The van der Waals surface area contributed by atoms with Crippen molar-refractivity contribution >= 4 is 30.5 Å². The number of hydrogen-bond acceptors (Lipinski definition) is 25. The molecule has 0 bridgehead atoms. The molecular weight excluding hydrogens is 1790 g/mol. The average molecular weight is 1940 g/mol. The molecule has 5 aliphatic carbocycles. The van der Waals surface area contributed by atoms with Crippen LogP contribution in [0.3, 0.4) is 0 Å². The summed E-state index contributed by atoms with van der Waals surface area (Å²) in [6.07, 6.45) is 11.2. The van der Waals surface area contributed by atoms with Gasteiger partial charge in [0, 0.05) is 122 Å². The molecule has 138 heavy (non-hydrogen) atoms. The molecule has 10 fully saturated rings. The molecule has 15 atom stereocenters. The number of halogens is 3. The van der Waals surface area contributed by atoms with Crippen LogP contribution in [0.25, 0.3) is 0 Å². The highest BCUT2D eigenvalue weighted by Gasteiger charge is 2.60. The topological polar surface area (TPSA) is 341 Å². The van der Waals surface area contributed by atoms with Gasteiger partial charge >= 0.3 is 36.6 Å². The lowest BCUT2D eigenvalue weighted by molar-refractivity contribution is -0.236. The van der Waals surface area contributed by atoms with Crippen molar-refractivity contribution in [2.75, 3.05) is 137 Å². The fraction of sp³-hybridized carbons (Fsp3) is 0.667. The zero-order chi connectivity index (χ0) is 101. The van der Waals surface area contributed by atoms with E-state index >= 15 is 0 Å². The van der Waals surface area contributed by atoms with Crippen LogP contribution in [0.2, 0.25) is 0 Å². The van der Waals surface area contributed by atoms with Gasteiger partial charge in [0.05, 0.1) is 126 Å². The van der Waals surface area contributed by atoms with Crippen molar-refractivity contribution in [2.45, 2.75) is 288 Å². The number of rotatable bonds is 25. The second kappa shape index (κ2) is 47.5. The minimum absolute atomic E-state index is 0.00842. The Kier molecular flexibility index (Phi) is 37.4. The number of hydrogen-bond donors (Lipinski definition) is 5. The summed E-state index contributed by atoms with van der Waals surface area (Å²) in [4.78, 5) is 68.2. The highest BCUT2D eigenvalue weighted by Crippen LogP contribution is 2.55. The molecule has 5 N–H and O–H groups in total. The van der Waals surface area contributed by atoms with Crippen molar-refractivity contribution in [3.63, 3.8) is 0 Å². The maximum Gasteiger partial charge on any atom is 0.414 e. The summed E-state index contributed by atoms with van der Waals surface area (Å²) >= 11 is 0. The number of ether oxygens (including phenoxy) is 15. The minimum atomic E-state index is -4.82. The summed E-state index contributed by atoms with van der Waals surface area (Å²) in [6.45, 7) is 20.1. The van der Waals surface area contributed by atoms with E-state index in [-0.39, 0.29) is 91.7 Å². The molecule has 10 aliphatic rings. The van der Waals surface area contributed by atoms with Crippen LogP contribution in [0.15, 0.2) is 91.0 Å². The number of aliphatic hydroxyl groups is 5. The van der Waals surface area contributed by atoms with E-state index in [1.54, 1.807) is 93.9 Å². The second-order valence-electron chi connectivity index (χ2n) is 40.4. The third kappa shape index (κ3) is 24.9. The van der Waals surface area contributed by atoms with Crippen LogP contribution in [0.4, 0.5) is 37.1 Å². The van der Waals surface area contributed by atoms with E-state index in [1.807, 2.05) is 100 Å². The Balaban J connectivity index is 0.000000165. The van der Waals surface area contributed by atoms with E-state index < -0.39 is 75.8 Å². The first-order valence-electron chi connectivity index (χ1n) is 49.0. The van der Waals surface area contributed by atoms with Gasteiger partial charge in [0.2, 0.25) is 0 Å². The lowest BCUT2D eigenvalue weighted by atomic mass is 9.71. The first kappa shape index (κ1) is 108. The van der Waals surface area contributed by atoms with Crippen molar-refractivity contribution in [3.8, 4) is 57.5 Å². The van der Waals surface area contributed by atoms with Gasteiger partial charge < -0.3 is 121 Å². The van der Waals surface area contributed by atoms with Crippen molar-refractivity contribution < 1.29 is 134 Å². The maximum atomic E-state index is 13.5. The van der Waals surface area contributed by atoms with Crippen LogP contribution in [-0.4, -0.2) is 284 Å². The molecule has 5 aromatic rings. The highest BCUT2D eigenvalue weighted by molar-refractivity contribution is 5.71. The van der Waals surface area contributed by atoms with Crippen molar-refractivity contribution in [1.29, 1.82) is 0 Å². The molecule has 5 aromatic carbocycles. The molecule has 5 amide bonds. The Hall–Kier alpha value is -9.96. The van der Waals surface area contributed by atoms with Gasteiger partial charge in [-0.2, -0.15) is 13.2 Å². The normalized spacial score (nSPS) is 26.7. The van der Waals surface area contributed by atoms with Crippen molar-refractivity contribution in [1.82, 2.24) is 24.5 Å². The lowest BCUT2D eigenvalue weighted by Gasteiger charge is -2.36. The molecule has 0 spiro atoms. The summed E-state index contributed by atoms with van der Waals surface area (Å²) in [5.74, 6) is 5.93. The first-order valence-corrected chi connectivity index (χ1v) is 49.0. The molecule has 5 saturated heterocycles. The molecular formula is C105H152F3N5O25. The number of likely N-dealkylation sites (tertiary alicyclic amines) is 5. The van der Waals surface area contributed by atoms with Crippen LogP contribution in [0.1, 0.15) is 248 Å². The van der Waals surface area contributed by atoms with E-state index in [0.29, 0.717) is 92.4 Å². The Bertz CT molecular complexity index is 4360. The van der Waals surface area contributed by atoms with E-state index in [2.05, 4.69) is 0 Å². The highest BCUT2D eigenvalue weighted by atomic mass is 19.4. The van der Waals surface area contributed by atoms with E-state index in [9.17, 15) is 62.7 Å². The second-order valence-corrected chi connectivity index (χ2v) is 40.4. The molecule has 5 heterocycles. The number of aliphatic hydroxyl groups excluding tert-OH is 5. The van der Waals surface area contributed by atoms with Gasteiger partial charge in [-0.05, 0) is 245 Å². The van der Waals surface area contributed by atoms with Gasteiger partial charge in [-0.25, -0.2) is 24.0 Å². The number of methoxy groups -OCH3 is 10. The molecule has 33 heteroatoms. The molecule has 768 valence electrons. The van der Waals surface area contributed by atoms with Gasteiger partial charge in [0.25, 0.3) is 0 Å². The zero-order valence-electron chi connectivity index (χ0n) is 84.3. The first-order chi connectivity index (χ1) is 65.6. The van der Waals surface area contributed by atoms with Gasteiger partial charge in [-0.3, -0.25) is 0 Å². The third-order valence-corrected chi connectivity index (χ3v) is 31.5. The Morgan fingerprint density at radius 3 is 0.587 bits per heavy atom. The largest absolute Gasteiger partial charge is 0.493 e. The van der Waals surface area contributed by atoms with Gasteiger partial charge in [0.15, 0.2) is 63.6 Å². The average Bonchev–Trinajstić information content (AvgIpc) is 1.59. The lowest BCUT2D eigenvalue weighted by Crippen LogP contribution is -2.48.